The third-order valence-electron chi connectivity index (χ3n) is 2.97. The molecule has 1 N–H and O–H groups in total. The normalized spacial score (nSPS) is 19.5. The van der Waals surface area contributed by atoms with Gasteiger partial charge in [-0.25, -0.2) is 0 Å². The second-order valence-electron chi connectivity index (χ2n) is 3.95. The monoisotopic (exact) mass is 206 g/mol. The quantitative estimate of drug-likeness (QED) is 0.806. The van der Waals surface area contributed by atoms with E-state index in [1.54, 1.807) is 6.20 Å². The summed E-state index contributed by atoms with van der Waals surface area (Å²) in [6.45, 7) is 3.37. The molecule has 0 aliphatic carbocycles. The number of pyridine rings is 1. The molecule has 0 amide bonds. The Morgan fingerprint density at radius 1 is 1.67 bits per heavy atom. The number of aromatic nitrogens is 1. The Kier molecular flexibility index (Phi) is 2.68. The van der Waals surface area contributed by atoms with E-state index in [0.29, 0.717) is 13.1 Å². The fourth-order valence-corrected chi connectivity index (χ4v) is 1.82. The van der Waals surface area contributed by atoms with Crippen LogP contribution in [0, 0.1) is 5.92 Å². The van der Waals surface area contributed by atoms with Crippen molar-refractivity contribution in [2.75, 3.05) is 13.1 Å². The number of aliphatic carboxylic acids is 1. The van der Waals surface area contributed by atoms with E-state index in [-0.39, 0.29) is 12.0 Å². The number of nitrogens with zero attached hydrogens (tertiary/aromatic N) is 2. The molecule has 0 spiro atoms. The predicted octanol–water partition coefficient (Wildman–Crippen LogP) is 1.16. The molecule has 1 unspecified atom stereocenters. The highest BCUT2D eigenvalue weighted by Gasteiger charge is 2.35. The van der Waals surface area contributed by atoms with Crippen LogP contribution in [0.1, 0.15) is 18.5 Å². The van der Waals surface area contributed by atoms with Crippen molar-refractivity contribution >= 4 is 5.97 Å². The lowest BCUT2D eigenvalue weighted by molar-refractivity contribution is -0.148. The highest BCUT2D eigenvalue weighted by molar-refractivity contribution is 5.71. The smallest absolute Gasteiger partial charge is 0.309 e. The maximum atomic E-state index is 10.6. The van der Waals surface area contributed by atoms with Gasteiger partial charge in [-0.05, 0) is 18.6 Å². The van der Waals surface area contributed by atoms with Gasteiger partial charge in [-0.2, -0.15) is 0 Å². The number of rotatable bonds is 3. The Hall–Kier alpha value is -1.42. The zero-order valence-corrected chi connectivity index (χ0v) is 8.63. The zero-order valence-electron chi connectivity index (χ0n) is 8.63. The minimum Gasteiger partial charge on any atom is -0.481 e. The molecule has 80 valence electrons. The second-order valence-corrected chi connectivity index (χ2v) is 3.95. The lowest BCUT2D eigenvalue weighted by Crippen LogP contribution is -2.51. The van der Waals surface area contributed by atoms with Gasteiger partial charge in [0.25, 0.3) is 0 Å². The molecule has 0 saturated carbocycles. The van der Waals surface area contributed by atoms with Gasteiger partial charge in [-0.3, -0.25) is 14.7 Å². The molecule has 4 nitrogen and oxygen atoms in total. The van der Waals surface area contributed by atoms with Crippen molar-refractivity contribution in [1.29, 1.82) is 0 Å². The van der Waals surface area contributed by atoms with Gasteiger partial charge in [0.1, 0.15) is 0 Å². The van der Waals surface area contributed by atoms with Crippen LogP contribution in [0.15, 0.2) is 24.5 Å². The van der Waals surface area contributed by atoms with Crippen molar-refractivity contribution in [2.45, 2.75) is 13.0 Å². The van der Waals surface area contributed by atoms with Gasteiger partial charge in [0.15, 0.2) is 0 Å². The van der Waals surface area contributed by atoms with Gasteiger partial charge >= 0.3 is 5.97 Å². The molecule has 0 aromatic carbocycles. The largest absolute Gasteiger partial charge is 0.481 e. The number of hydrogen-bond acceptors (Lipinski definition) is 3. The summed E-state index contributed by atoms with van der Waals surface area (Å²) in [7, 11) is 0. The van der Waals surface area contributed by atoms with Crippen molar-refractivity contribution in [3.63, 3.8) is 0 Å². The van der Waals surface area contributed by atoms with Crippen LogP contribution < -0.4 is 0 Å². The van der Waals surface area contributed by atoms with Gasteiger partial charge in [0, 0.05) is 31.5 Å². The average Bonchev–Trinajstić information content (AvgIpc) is 2.16. The summed E-state index contributed by atoms with van der Waals surface area (Å²) in [4.78, 5) is 16.9. The lowest BCUT2D eigenvalue weighted by Gasteiger charge is -2.41. The summed E-state index contributed by atoms with van der Waals surface area (Å²) < 4.78 is 0. The van der Waals surface area contributed by atoms with E-state index in [4.69, 9.17) is 5.11 Å². The van der Waals surface area contributed by atoms with Crippen LogP contribution in [-0.2, 0) is 4.79 Å². The Morgan fingerprint density at radius 3 is 2.93 bits per heavy atom. The molecular weight excluding hydrogens is 192 g/mol. The molecule has 2 rings (SSSR count). The fraction of sp³-hybridized carbons (Fsp3) is 0.455. The summed E-state index contributed by atoms with van der Waals surface area (Å²) in [5, 5.41) is 8.76. The average molecular weight is 206 g/mol. The Morgan fingerprint density at radius 2 is 2.40 bits per heavy atom. The highest BCUT2D eigenvalue weighted by Crippen LogP contribution is 2.27. The third kappa shape index (κ3) is 1.99. The molecule has 1 aromatic heterocycles. The van der Waals surface area contributed by atoms with Gasteiger partial charge in [-0.1, -0.05) is 6.07 Å². The second kappa shape index (κ2) is 3.98. The van der Waals surface area contributed by atoms with Gasteiger partial charge in [0.2, 0.25) is 0 Å². The number of hydrogen-bond donors (Lipinski definition) is 1. The topological polar surface area (TPSA) is 53.4 Å². The van der Waals surface area contributed by atoms with Crippen LogP contribution in [0.5, 0.6) is 0 Å². The molecule has 1 atom stereocenters. The van der Waals surface area contributed by atoms with Crippen molar-refractivity contribution in [3.05, 3.63) is 30.1 Å². The fourth-order valence-electron chi connectivity index (χ4n) is 1.82. The van der Waals surface area contributed by atoms with Crippen LogP contribution in [-0.4, -0.2) is 34.0 Å². The van der Waals surface area contributed by atoms with Crippen molar-refractivity contribution in [2.24, 2.45) is 5.92 Å². The molecule has 4 heteroatoms. The Balaban J connectivity index is 1.95. The van der Waals surface area contributed by atoms with Crippen molar-refractivity contribution < 1.29 is 9.90 Å². The molecule has 1 aliphatic rings. The summed E-state index contributed by atoms with van der Waals surface area (Å²) in [6.07, 6.45) is 3.57. The van der Waals surface area contributed by atoms with Crippen LogP contribution in [0.3, 0.4) is 0 Å². The summed E-state index contributed by atoms with van der Waals surface area (Å²) in [5.41, 5.74) is 1.14. The first-order chi connectivity index (χ1) is 7.18. The number of carboxylic acid groups (broad SMARTS) is 1. The molecule has 1 saturated heterocycles. The number of carboxylic acids is 1. The first-order valence-corrected chi connectivity index (χ1v) is 5.05. The molecule has 1 fully saturated rings. The van der Waals surface area contributed by atoms with E-state index >= 15 is 0 Å². The maximum absolute atomic E-state index is 10.6. The Labute approximate surface area is 88.6 Å². The molecular formula is C11H14N2O2. The van der Waals surface area contributed by atoms with Gasteiger partial charge in [0.05, 0.1) is 5.92 Å². The zero-order chi connectivity index (χ0) is 10.8. The molecule has 0 bridgehead atoms. The van der Waals surface area contributed by atoms with Gasteiger partial charge in [-0.15, -0.1) is 0 Å². The van der Waals surface area contributed by atoms with Gasteiger partial charge < -0.3 is 5.11 Å². The van der Waals surface area contributed by atoms with Crippen molar-refractivity contribution in [3.8, 4) is 0 Å². The first kappa shape index (κ1) is 10.1. The van der Waals surface area contributed by atoms with Crippen LogP contribution in [0.2, 0.25) is 0 Å². The number of carbonyl (C=O) groups is 1. The summed E-state index contributed by atoms with van der Waals surface area (Å²) in [5.74, 6) is -0.881. The van der Waals surface area contributed by atoms with Crippen LogP contribution >= 0.6 is 0 Å². The molecule has 1 aliphatic heterocycles. The SMILES string of the molecule is CC(c1cccnc1)N1CC(C(=O)O)C1. The van der Waals surface area contributed by atoms with E-state index < -0.39 is 5.97 Å². The van der Waals surface area contributed by atoms with Crippen LogP contribution in [0.25, 0.3) is 0 Å². The highest BCUT2D eigenvalue weighted by atomic mass is 16.4. The van der Waals surface area contributed by atoms with Crippen molar-refractivity contribution in [1.82, 2.24) is 9.88 Å². The molecule has 1 aromatic rings. The standard InChI is InChI=1S/C11H14N2O2/c1-8(9-3-2-4-12-5-9)13-6-10(7-13)11(14)15/h2-5,8,10H,6-7H2,1H3,(H,14,15). The Bertz CT molecular complexity index is 347. The van der Waals surface area contributed by atoms with E-state index in [2.05, 4.69) is 16.8 Å². The summed E-state index contributed by atoms with van der Waals surface area (Å²) >= 11 is 0. The van der Waals surface area contributed by atoms with E-state index in [0.717, 1.165) is 5.56 Å². The van der Waals surface area contributed by atoms with Crippen LogP contribution in [0.4, 0.5) is 0 Å². The predicted molar refractivity (Wildman–Crippen MR) is 55.4 cm³/mol. The third-order valence-corrected chi connectivity index (χ3v) is 2.97. The molecule has 2 heterocycles. The van der Waals surface area contributed by atoms with E-state index in [9.17, 15) is 4.79 Å². The maximum Gasteiger partial charge on any atom is 0.309 e. The number of likely N-dealkylation sites (tertiary alicyclic amines) is 1. The minimum atomic E-state index is -0.690. The summed E-state index contributed by atoms with van der Waals surface area (Å²) in [6, 6.07) is 4.18. The minimum absolute atomic E-state index is 0.191. The molecule has 0 radical (unpaired) electrons. The van der Waals surface area contributed by atoms with E-state index in [1.165, 1.54) is 0 Å². The first-order valence-electron chi connectivity index (χ1n) is 5.05. The molecule has 15 heavy (non-hydrogen) atoms. The lowest BCUT2D eigenvalue weighted by atomic mass is 9.96. The van der Waals surface area contributed by atoms with E-state index in [1.807, 2.05) is 18.3 Å².